The van der Waals surface area contributed by atoms with Crippen LogP contribution in [-0.4, -0.2) is 52.4 Å². The zero-order valence-corrected chi connectivity index (χ0v) is 23.8. The number of carbonyl (C=O) groups is 4. The zero-order valence-electron chi connectivity index (χ0n) is 23.8. The van der Waals surface area contributed by atoms with Crippen LogP contribution in [0.1, 0.15) is 97.7 Å². The molecule has 0 aromatic heterocycles. The van der Waals surface area contributed by atoms with E-state index in [2.05, 4.69) is 16.6 Å². The second-order valence-electron chi connectivity index (χ2n) is 10.9. The van der Waals surface area contributed by atoms with E-state index in [0.29, 0.717) is 24.1 Å². The van der Waals surface area contributed by atoms with E-state index in [1.807, 2.05) is 27.7 Å². The fourth-order valence-corrected chi connectivity index (χ4v) is 3.86. The number of alkyl carbamates (subject to hydrolysis) is 1. The molecule has 9 heteroatoms. The number of primary amides is 1. The maximum absolute atomic E-state index is 14.3. The van der Waals surface area contributed by atoms with E-state index in [1.165, 1.54) is 4.90 Å². The van der Waals surface area contributed by atoms with Crippen LogP contribution in [0, 0.1) is 12.3 Å². The fraction of sp³-hybridized carbons (Fsp3) is 0.586. The second kappa shape index (κ2) is 14.4. The summed E-state index contributed by atoms with van der Waals surface area (Å²) in [6.07, 6.45) is 6.89. The van der Waals surface area contributed by atoms with Gasteiger partial charge in [0.15, 0.2) is 0 Å². The Bertz CT molecular complexity index is 1020. The number of nitrogens with two attached hydrogens (primary N) is 1. The molecule has 0 bridgehead atoms. The minimum absolute atomic E-state index is 0.0648. The average molecular weight is 529 g/mol. The summed E-state index contributed by atoms with van der Waals surface area (Å²) >= 11 is 0. The molecule has 0 saturated carbocycles. The van der Waals surface area contributed by atoms with Crippen LogP contribution in [0.3, 0.4) is 0 Å². The van der Waals surface area contributed by atoms with Crippen LogP contribution in [0.25, 0.3) is 0 Å². The Morgan fingerprint density at radius 2 is 1.74 bits per heavy atom. The van der Waals surface area contributed by atoms with Crippen LogP contribution in [0.5, 0.6) is 0 Å². The molecule has 4 amide bonds. The van der Waals surface area contributed by atoms with Crippen molar-refractivity contribution in [1.29, 1.82) is 0 Å². The first-order chi connectivity index (χ1) is 17.7. The standard InChI is InChI=1S/C29H44N4O5/c1-9-12-19-31-25(35)24(21-16-14-13-15-20(21)10-2)33(29(7,8)11-3)26(36)22(17-18-23(30)34)32-27(37)38-28(4,5)6/h2,13-16,22,24H,9,11-12,17-19H2,1,3-8H3,(H2,30,34)(H,31,35)(H,32,37). The van der Waals surface area contributed by atoms with E-state index in [9.17, 15) is 19.2 Å². The van der Waals surface area contributed by atoms with Crippen LogP contribution < -0.4 is 16.4 Å². The third kappa shape index (κ3) is 9.73. The van der Waals surface area contributed by atoms with E-state index in [1.54, 1.807) is 45.0 Å². The van der Waals surface area contributed by atoms with E-state index >= 15 is 0 Å². The Hall–Kier alpha value is -3.54. The van der Waals surface area contributed by atoms with Gasteiger partial charge < -0.3 is 26.0 Å². The molecule has 1 aromatic rings. The smallest absolute Gasteiger partial charge is 0.408 e. The van der Waals surface area contributed by atoms with E-state index < -0.39 is 41.1 Å². The third-order valence-corrected chi connectivity index (χ3v) is 6.17. The number of benzene rings is 1. The molecular weight excluding hydrogens is 484 g/mol. The SMILES string of the molecule is C#Cc1ccccc1C(C(=O)NCCCC)N(C(=O)C(CCC(N)=O)NC(=O)OC(C)(C)C)C(C)(C)CC. The van der Waals surface area contributed by atoms with Crippen molar-refractivity contribution in [1.82, 2.24) is 15.5 Å². The highest BCUT2D eigenvalue weighted by Crippen LogP contribution is 2.34. The highest BCUT2D eigenvalue weighted by atomic mass is 16.6. The number of nitrogens with zero attached hydrogens (tertiary/aromatic N) is 1. The first kappa shape index (κ1) is 32.5. The number of amides is 4. The van der Waals surface area contributed by atoms with Gasteiger partial charge in [-0.1, -0.05) is 44.4 Å². The Kier molecular flexibility index (Phi) is 12.3. The number of hydrogen-bond acceptors (Lipinski definition) is 5. The monoisotopic (exact) mass is 528 g/mol. The van der Waals surface area contributed by atoms with Crippen LogP contribution in [0.15, 0.2) is 24.3 Å². The lowest BCUT2D eigenvalue weighted by Gasteiger charge is -2.44. The van der Waals surface area contributed by atoms with Gasteiger partial charge >= 0.3 is 6.09 Å². The van der Waals surface area contributed by atoms with Gasteiger partial charge in [-0.3, -0.25) is 14.4 Å². The third-order valence-electron chi connectivity index (χ3n) is 6.17. The molecular formula is C29H44N4O5. The summed E-state index contributed by atoms with van der Waals surface area (Å²) in [5, 5.41) is 5.54. The number of rotatable bonds is 13. The normalized spacial score (nSPS) is 13.0. The first-order valence-electron chi connectivity index (χ1n) is 13.1. The number of terminal acetylenes is 1. The largest absolute Gasteiger partial charge is 0.444 e. The highest BCUT2D eigenvalue weighted by molar-refractivity contribution is 5.93. The van der Waals surface area contributed by atoms with Gasteiger partial charge in [0.1, 0.15) is 17.7 Å². The second-order valence-corrected chi connectivity index (χ2v) is 10.9. The van der Waals surface area contributed by atoms with Crippen molar-refractivity contribution in [3.05, 3.63) is 35.4 Å². The average Bonchev–Trinajstić information content (AvgIpc) is 2.83. The predicted molar refractivity (Wildman–Crippen MR) is 148 cm³/mol. The molecule has 0 aliphatic carbocycles. The van der Waals surface area contributed by atoms with Gasteiger partial charge in [-0.15, -0.1) is 6.42 Å². The van der Waals surface area contributed by atoms with Crippen molar-refractivity contribution in [3.63, 3.8) is 0 Å². The summed E-state index contributed by atoms with van der Waals surface area (Å²) in [6, 6.07) is 4.71. The number of nitrogens with one attached hydrogen (secondary N) is 2. The van der Waals surface area contributed by atoms with Gasteiger partial charge in [-0.05, 0) is 65.5 Å². The molecule has 1 rings (SSSR count). The molecule has 1 aromatic carbocycles. The van der Waals surface area contributed by atoms with E-state index in [-0.39, 0.29) is 18.7 Å². The Morgan fingerprint density at radius 3 is 2.26 bits per heavy atom. The van der Waals surface area contributed by atoms with Crippen molar-refractivity contribution in [2.24, 2.45) is 5.73 Å². The minimum Gasteiger partial charge on any atom is -0.444 e. The molecule has 0 fully saturated rings. The molecule has 0 aliphatic rings. The molecule has 0 radical (unpaired) electrons. The van der Waals surface area contributed by atoms with Crippen molar-refractivity contribution in [2.75, 3.05) is 6.54 Å². The summed E-state index contributed by atoms with van der Waals surface area (Å²) in [5.74, 6) is 1.06. The maximum Gasteiger partial charge on any atom is 0.408 e. The van der Waals surface area contributed by atoms with Gasteiger partial charge in [-0.25, -0.2) is 4.79 Å². The minimum atomic E-state index is -1.17. The van der Waals surface area contributed by atoms with Crippen LogP contribution in [-0.2, 0) is 19.1 Å². The molecule has 0 heterocycles. The quantitative estimate of drug-likeness (QED) is 0.265. The topological polar surface area (TPSA) is 131 Å². The molecule has 0 saturated heterocycles. The van der Waals surface area contributed by atoms with Crippen LogP contribution in [0.4, 0.5) is 4.79 Å². The predicted octanol–water partition coefficient (Wildman–Crippen LogP) is 3.80. The van der Waals surface area contributed by atoms with Crippen molar-refractivity contribution in [2.45, 2.75) is 104 Å². The lowest BCUT2D eigenvalue weighted by molar-refractivity contribution is -0.149. The van der Waals surface area contributed by atoms with Crippen LogP contribution in [0.2, 0.25) is 0 Å². The van der Waals surface area contributed by atoms with E-state index in [0.717, 1.165) is 12.8 Å². The zero-order chi connectivity index (χ0) is 29.1. The van der Waals surface area contributed by atoms with Crippen molar-refractivity contribution in [3.8, 4) is 12.3 Å². The fourth-order valence-electron chi connectivity index (χ4n) is 3.86. The summed E-state index contributed by atoms with van der Waals surface area (Å²) in [6.45, 7) is 13.1. The summed E-state index contributed by atoms with van der Waals surface area (Å²) < 4.78 is 5.37. The maximum atomic E-state index is 14.3. The lowest BCUT2D eigenvalue weighted by atomic mass is 9.90. The molecule has 0 spiro atoms. The molecule has 2 atom stereocenters. The Balaban J connectivity index is 3.70. The number of unbranched alkanes of at least 4 members (excludes halogenated alkanes) is 1. The Labute approximate surface area is 227 Å². The molecule has 0 aliphatic heterocycles. The molecule has 9 nitrogen and oxygen atoms in total. The van der Waals surface area contributed by atoms with Crippen molar-refractivity contribution >= 4 is 23.8 Å². The van der Waals surface area contributed by atoms with Gasteiger partial charge in [0, 0.05) is 24.1 Å². The van der Waals surface area contributed by atoms with Gasteiger partial charge in [0.25, 0.3) is 0 Å². The lowest BCUT2D eigenvalue weighted by Crippen LogP contribution is -2.59. The molecule has 210 valence electrons. The molecule has 38 heavy (non-hydrogen) atoms. The molecule has 4 N–H and O–H groups in total. The summed E-state index contributed by atoms with van der Waals surface area (Å²) in [4.78, 5) is 53.8. The van der Waals surface area contributed by atoms with Crippen LogP contribution >= 0.6 is 0 Å². The summed E-state index contributed by atoms with van der Waals surface area (Å²) in [5.41, 5.74) is 4.69. The number of hydrogen-bond donors (Lipinski definition) is 3. The van der Waals surface area contributed by atoms with Gasteiger partial charge in [-0.2, -0.15) is 0 Å². The van der Waals surface area contributed by atoms with Gasteiger partial charge in [0.05, 0.1) is 0 Å². The first-order valence-corrected chi connectivity index (χ1v) is 13.1. The highest BCUT2D eigenvalue weighted by Gasteiger charge is 2.43. The van der Waals surface area contributed by atoms with Gasteiger partial charge in [0.2, 0.25) is 17.7 Å². The number of ether oxygens (including phenoxy) is 1. The summed E-state index contributed by atoms with van der Waals surface area (Å²) in [7, 11) is 0. The number of carbonyl (C=O) groups excluding carboxylic acids is 4. The Morgan fingerprint density at radius 1 is 1.11 bits per heavy atom. The molecule has 2 unspecified atom stereocenters. The van der Waals surface area contributed by atoms with E-state index in [4.69, 9.17) is 16.9 Å². The van der Waals surface area contributed by atoms with Crippen molar-refractivity contribution < 1.29 is 23.9 Å².